The summed E-state index contributed by atoms with van der Waals surface area (Å²) in [4.78, 5) is 0. The second-order valence-corrected chi connectivity index (χ2v) is 2.10. The maximum atomic E-state index is 5.25. The number of rotatable bonds is 3. The minimum atomic E-state index is 0.282. The lowest BCUT2D eigenvalue weighted by molar-refractivity contribution is 0.0520. The van der Waals surface area contributed by atoms with E-state index in [9.17, 15) is 0 Å². The van der Waals surface area contributed by atoms with Gasteiger partial charge in [0.05, 0.1) is 12.4 Å². The molecule has 0 aromatic rings. The molecule has 1 aliphatic rings. The van der Waals surface area contributed by atoms with Crippen molar-refractivity contribution >= 4 is 0 Å². The van der Waals surface area contributed by atoms with Crippen LogP contribution in [0.25, 0.3) is 0 Å². The minimum Gasteiger partial charge on any atom is -0.498 e. The molecule has 1 unspecified atom stereocenters. The van der Waals surface area contributed by atoms with Gasteiger partial charge in [-0.05, 0) is 19.4 Å². The summed E-state index contributed by atoms with van der Waals surface area (Å²) in [6, 6.07) is 0. The van der Waals surface area contributed by atoms with Crippen molar-refractivity contribution in [2.75, 3.05) is 13.2 Å². The molecule has 1 heterocycles. The van der Waals surface area contributed by atoms with Crippen molar-refractivity contribution in [1.29, 1.82) is 0 Å². The molecule has 2 nitrogen and oxygen atoms in total. The third-order valence-corrected chi connectivity index (χ3v) is 1.40. The van der Waals surface area contributed by atoms with Crippen molar-refractivity contribution in [3.63, 3.8) is 0 Å². The van der Waals surface area contributed by atoms with Crippen molar-refractivity contribution in [2.24, 2.45) is 0 Å². The molecule has 0 saturated carbocycles. The molecular formula is C7H11O2. The van der Waals surface area contributed by atoms with E-state index in [4.69, 9.17) is 16.1 Å². The van der Waals surface area contributed by atoms with Crippen LogP contribution in [0.5, 0.6) is 0 Å². The van der Waals surface area contributed by atoms with Crippen LogP contribution in [0, 0.1) is 6.58 Å². The van der Waals surface area contributed by atoms with Crippen LogP contribution in [0.4, 0.5) is 0 Å². The highest BCUT2D eigenvalue weighted by Crippen LogP contribution is 2.11. The van der Waals surface area contributed by atoms with Gasteiger partial charge in [0, 0.05) is 6.61 Å². The van der Waals surface area contributed by atoms with Gasteiger partial charge in [-0.15, -0.1) is 0 Å². The predicted octanol–water partition coefficient (Wildman–Crippen LogP) is 1.13. The number of ether oxygens (including phenoxy) is 2. The SMILES string of the molecule is [CH]=COCC1CCCO1. The van der Waals surface area contributed by atoms with Crippen LogP contribution in [-0.4, -0.2) is 19.3 Å². The Labute approximate surface area is 55.5 Å². The molecule has 1 rings (SSSR count). The highest BCUT2D eigenvalue weighted by molar-refractivity contribution is 4.64. The molecule has 51 valence electrons. The molecule has 1 aliphatic heterocycles. The fraction of sp³-hybridized carbons (Fsp3) is 0.714. The van der Waals surface area contributed by atoms with E-state index in [0.29, 0.717) is 6.61 Å². The Morgan fingerprint density at radius 2 is 2.67 bits per heavy atom. The Hall–Kier alpha value is -0.500. The van der Waals surface area contributed by atoms with Gasteiger partial charge in [0.1, 0.15) is 6.61 Å². The zero-order valence-electron chi connectivity index (χ0n) is 5.38. The van der Waals surface area contributed by atoms with Gasteiger partial charge in [-0.3, -0.25) is 0 Å². The molecule has 0 amide bonds. The van der Waals surface area contributed by atoms with E-state index >= 15 is 0 Å². The highest BCUT2D eigenvalue weighted by Gasteiger charge is 2.14. The maximum absolute atomic E-state index is 5.25. The largest absolute Gasteiger partial charge is 0.498 e. The molecule has 0 aromatic heterocycles. The molecule has 1 atom stereocenters. The summed E-state index contributed by atoms with van der Waals surface area (Å²) in [5, 5.41) is 0. The quantitative estimate of drug-likeness (QED) is 0.529. The fourth-order valence-electron chi connectivity index (χ4n) is 0.939. The van der Waals surface area contributed by atoms with E-state index in [-0.39, 0.29) is 6.10 Å². The van der Waals surface area contributed by atoms with Crippen LogP contribution < -0.4 is 0 Å². The van der Waals surface area contributed by atoms with E-state index in [1.54, 1.807) is 0 Å². The predicted molar refractivity (Wildman–Crippen MR) is 33.8 cm³/mol. The summed E-state index contributed by atoms with van der Waals surface area (Å²) in [7, 11) is 0. The number of hydrogen-bond acceptors (Lipinski definition) is 2. The Morgan fingerprint density at radius 3 is 3.22 bits per heavy atom. The standard InChI is InChI=1S/C7H11O2/c1-2-8-6-7-4-3-5-9-7/h1-2,7H,3-6H2. The Morgan fingerprint density at radius 1 is 1.78 bits per heavy atom. The van der Waals surface area contributed by atoms with Gasteiger partial charge in [0.2, 0.25) is 0 Å². The molecule has 1 saturated heterocycles. The topological polar surface area (TPSA) is 18.5 Å². The first-order valence-corrected chi connectivity index (χ1v) is 3.20. The zero-order chi connectivity index (χ0) is 6.53. The van der Waals surface area contributed by atoms with Crippen LogP contribution in [0.3, 0.4) is 0 Å². The van der Waals surface area contributed by atoms with Gasteiger partial charge >= 0.3 is 0 Å². The molecule has 9 heavy (non-hydrogen) atoms. The smallest absolute Gasteiger partial charge is 0.113 e. The van der Waals surface area contributed by atoms with Gasteiger partial charge < -0.3 is 9.47 Å². The zero-order valence-corrected chi connectivity index (χ0v) is 5.38. The lowest BCUT2D eigenvalue weighted by Gasteiger charge is -2.06. The van der Waals surface area contributed by atoms with Crippen LogP contribution in [-0.2, 0) is 9.47 Å². The summed E-state index contributed by atoms with van der Waals surface area (Å²) in [6.07, 6.45) is 3.75. The van der Waals surface area contributed by atoms with Crippen LogP contribution in [0.15, 0.2) is 6.26 Å². The number of hydrogen-bond donors (Lipinski definition) is 0. The normalized spacial score (nSPS) is 26.0. The van der Waals surface area contributed by atoms with E-state index in [1.807, 2.05) is 0 Å². The van der Waals surface area contributed by atoms with Crippen molar-refractivity contribution in [1.82, 2.24) is 0 Å². The lowest BCUT2D eigenvalue weighted by Crippen LogP contribution is -2.11. The Balaban J connectivity index is 2.04. The monoisotopic (exact) mass is 127 g/mol. The molecule has 1 fully saturated rings. The molecule has 0 aliphatic carbocycles. The first kappa shape index (κ1) is 6.62. The van der Waals surface area contributed by atoms with Gasteiger partial charge in [-0.2, -0.15) is 0 Å². The van der Waals surface area contributed by atoms with E-state index in [0.717, 1.165) is 19.4 Å². The molecule has 2 heteroatoms. The van der Waals surface area contributed by atoms with Gasteiger partial charge in [0.25, 0.3) is 0 Å². The van der Waals surface area contributed by atoms with Crippen LogP contribution in [0.1, 0.15) is 12.8 Å². The summed E-state index contributed by atoms with van der Waals surface area (Å²) < 4.78 is 10.1. The second kappa shape index (κ2) is 3.51. The van der Waals surface area contributed by atoms with Gasteiger partial charge in [-0.25, -0.2) is 0 Å². The molecule has 0 N–H and O–H groups in total. The van der Waals surface area contributed by atoms with Gasteiger partial charge in [-0.1, -0.05) is 0 Å². The van der Waals surface area contributed by atoms with Crippen LogP contribution in [0.2, 0.25) is 0 Å². The van der Waals surface area contributed by atoms with Crippen LogP contribution >= 0.6 is 0 Å². The molecule has 0 aromatic carbocycles. The van der Waals surface area contributed by atoms with Gasteiger partial charge in [0.15, 0.2) is 0 Å². The highest BCUT2D eigenvalue weighted by atomic mass is 16.5. The molecule has 0 bridgehead atoms. The first-order valence-electron chi connectivity index (χ1n) is 3.20. The van der Waals surface area contributed by atoms with E-state index in [2.05, 4.69) is 0 Å². The third kappa shape index (κ3) is 2.06. The van der Waals surface area contributed by atoms with Crippen molar-refractivity contribution in [3.8, 4) is 0 Å². The van der Waals surface area contributed by atoms with Crippen molar-refractivity contribution in [2.45, 2.75) is 18.9 Å². The summed E-state index contributed by atoms with van der Waals surface area (Å²) in [5.74, 6) is 0. The summed E-state index contributed by atoms with van der Waals surface area (Å²) >= 11 is 0. The average Bonchev–Trinajstić information content (AvgIpc) is 2.34. The Kier molecular flexibility index (Phi) is 2.58. The maximum Gasteiger partial charge on any atom is 0.113 e. The molecule has 1 radical (unpaired) electrons. The summed E-state index contributed by atoms with van der Waals surface area (Å²) in [6.45, 7) is 6.49. The molecule has 0 spiro atoms. The fourth-order valence-corrected chi connectivity index (χ4v) is 0.939. The molecular weight excluding hydrogens is 116 g/mol. The summed E-state index contributed by atoms with van der Waals surface area (Å²) in [5.41, 5.74) is 0. The minimum absolute atomic E-state index is 0.282. The average molecular weight is 127 g/mol. The van der Waals surface area contributed by atoms with Crippen molar-refractivity contribution < 1.29 is 9.47 Å². The Bertz CT molecular complexity index is 84.9. The third-order valence-electron chi connectivity index (χ3n) is 1.40. The van der Waals surface area contributed by atoms with E-state index in [1.165, 1.54) is 6.26 Å². The first-order chi connectivity index (χ1) is 4.43. The second-order valence-electron chi connectivity index (χ2n) is 2.10. The van der Waals surface area contributed by atoms with E-state index < -0.39 is 0 Å². The lowest BCUT2D eigenvalue weighted by atomic mass is 10.2. The van der Waals surface area contributed by atoms with Crippen molar-refractivity contribution in [3.05, 3.63) is 12.8 Å².